The maximum Gasteiger partial charge on any atom is 0.282 e. The van der Waals surface area contributed by atoms with E-state index in [2.05, 4.69) is 10.5 Å². The number of carbonyl (C=O) groups is 1. The lowest BCUT2D eigenvalue weighted by molar-refractivity contribution is -0.385. The zero-order valence-corrected chi connectivity index (χ0v) is 16.9. The number of rotatable bonds is 5. The smallest absolute Gasteiger partial charge is 0.282 e. The lowest BCUT2D eigenvalue weighted by atomic mass is 10.2. The largest absolute Gasteiger partial charge is 0.318 e. The number of carbonyl (C=O) groups excluding carboxylic acids is 1. The number of para-hydroxylation sites is 1. The van der Waals surface area contributed by atoms with Crippen LogP contribution in [0.3, 0.4) is 0 Å². The molecule has 8 heteroatoms. The van der Waals surface area contributed by atoms with Gasteiger partial charge >= 0.3 is 0 Å². The van der Waals surface area contributed by atoms with Gasteiger partial charge < -0.3 is 4.57 Å². The van der Waals surface area contributed by atoms with E-state index in [1.807, 2.05) is 49.6 Å². The fourth-order valence-corrected chi connectivity index (χ4v) is 3.26. The summed E-state index contributed by atoms with van der Waals surface area (Å²) in [6, 6.07) is 13.5. The van der Waals surface area contributed by atoms with Crippen LogP contribution < -0.4 is 5.43 Å². The summed E-state index contributed by atoms with van der Waals surface area (Å²) < 4.78 is 2.04. The first-order chi connectivity index (χ1) is 13.8. The summed E-state index contributed by atoms with van der Waals surface area (Å²) in [5, 5.41) is 15.7. The first kappa shape index (κ1) is 20.3. The van der Waals surface area contributed by atoms with Crippen molar-refractivity contribution in [1.29, 1.82) is 0 Å². The molecule has 1 aromatic heterocycles. The van der Waals surface area contributed by atoms with Crippen molar-refractivity contribution < 1.29 is 9.72 Å². The number of hydrogen-bond acceptors (Lipinski definition) is 4. The predicted molar refractivity (Wildman–Crippen MR) is 113 cm³/mol. The number of benzene rings is 2. The number of amides is 1. The highest BCUT2D eigenvalue weighted by molar-refractivity contribution is 6.31. The van der Waals surface area contributed by atoms with Gasteiger partial charge in [-0.15, -0.1) is 0 Å². The van der Waals surface area contributed by atoms with Gasteiger partial charge in [-0.2, -0.15) is 5.10 Å². The van der Waals surface area contributed by atoms with Crippen LogP contribution in [-0.2, 0) is 0 Å². The van der Waals surface area contributed by atoms with Crippen LogP contribution in [0.5, 0.6) is 0 Å². The van der Waals surface area contributed by atoms with Crippen molar-refractivity contribution in [3.8, 4) is 5.69 Å². The number of nitrogens with one attached hydrogen (secondary N) is 1. The maximum absolute atomic E-state index is 12.3. The normalized spacial score (nSPS) is 11.0. The first-order valence-corrected chi connectivity index (χ1v) is 9.19. The Kier molecular flexibility index (Phi) is 5.79. The summed E-state index contributed by atoms with van der Waals surface area (Å²) in [4.78, 5) is 22.7. The molecular formula is C21H19ClN4O3. The van der Waals surface area contributed by atoms with Crippen molar-refractivity contribution in [3.63, 3.8) is 0 Å². The molecule has 0 radical (unpaired) electrons. The summed E-state index contributed by atoms with van der Waals surface area (Å²) in [5.74, 6) is -0.646. The third-order valence-corrected chi connectivity index (χ3v) is 5.01. The Morgan fingerprint density at radius 2 is 1.90 bits per heavy atom. The van der Waals surface area contributed by atoms with Crippen molar-refractivity contribution in [3.05, 3.63) is 91.7 Å². The van der Waals surface area contributed by atoms with Crippen LogP contribution in [0.4, 0.5) is 5.69 Å². The highest BCUT2D eigenvalue weighted by Crippen LogP contribution is 2.24. The fraction of sp³-hybridized carbons (Fsp3) is 0.143. The number of aromatic nitrogens is 1. The van der Waals surface area contributed by atoms with Crippen LogP contribution >= 0.6 is 11.6 Å². The second-order valence-electron chi connectivity index (χ2n) is 6.57. The highest BCUT2D eigenvalue weighted by Gasteiger charge is 2.18. The van der Waals surface area contributed by atoms with Crippen LogP contribution in [0.15, 0.2) is 53.6 Å². The molecule has 0 aliphatic carbocycles. The van der Waals surface area contributed by atoms with Gasteiger partial charge in [-0.1, -0.05) is 29.8 Å². The molecule has 0 saturated carbocycles. The molecule has 3 aromatic rings. The van der Waals surface area contributed by atoms with Crippen molar-refractivity contribution in [1.82, 2.24) is 9.99 Å². The quantitative estimate of drug-likeness (QED) is 0.374. The SMILES string of the molecule is Cc1ccc(-n2c(C)cc(/C=N\NC(=O)c3ccccc3[N+](=O)[O-])c2C)cc1Cl. The Balaban J connectivity index is 1.83. The van der Waals surface area contributed by atoms with Crippen LogP contribution in [0.2, 0.25) is 5.02 Å². The van der Waals surface area contributed by atoms with Gasteiger partial charge in [-0.3, -0.25) is 14.9 Å². The number of nitrogens with zero attached hydrogens (tertiary/aromatic N) is 3. The molecular weight excluding hydrogens is 392 g/mol. The molecule has 2 aromatic carbocycles. The molecule has 0 unspecified atom stereocenters. The van der Waals surface area contributed by atoms with Gasteiger partial charge in [0.05, 0.1) is 11.1 Å². The molecule has 3 rings (SSSR count). The summed E-state index contributed by atoms with van der Waals surface area (Å²) in [7, 11) is 0. The van der Waals surface area contributed by atoms with E-state index in [0.29, 0.717) is 5.02 Å². The van der Waals surface area contributed by atoms with E-state index >= 15 is 0 Å². The van der Waals surface area contributed by atoms with Crippen molar-refractivity contribution in [2.75, 3.05) is 0 Å². The predicted octanol–water partition coefficient (Wildman–Crippen LogP) is 4.73. The number of nitro groups is 1. The molecule has 148 valence electrons. The Hall–Kier alpha value is -3.45. The molecule has 0 saturated heterocycles. The van der Waals surface area contributed by atoms with Crippen molar-refractivity contribution in [2.45, 2.75) is 20.8 Å². The molecule has 0 spiro atoms. The zero-order valence-electron chi connectivity index (χ0n) is 16.1. The third-order valence-electron chi connectivity index (χ3n) is 4.60. The van der Waals surface area contributed by atoms with E-state index in [9.17, 15) is 14.9 Å². The molecule has 29 heavy (non-hydrogen) atoms. The molecule has 0 aliphatic rings. The monoisotopic (exact) mass is 410 g/mol. The summed E-state index contributed by atoms with van der Waals surface area (Å²) in [5.41, 5.74) is 6.67. The minimum absolute atomic E-state index is 0.0468. The van der Waals surface area contributed by atoms with Crippen LogP contribution in [0, 0.1) is 30.9 Å². The van der Waals surface area contributed by atoms with Gasteiger partial charge in [0.1, 0.15) is 5.56 Å². The van der Waals surface area contributed by atoms with Gasteiger partial charge in [0.2, 0.25) is 0 Å². The Morgan fingerprint density at radius 3 is 2.59 bits per heavy atom. The number of hydrogen-bond donors (Lipinski definition) is 1. The van der Waals surface area contributed by atoms with E-state index in [1.165, 1.54) is 24.4 Å². The Labute approximate surface area is 172 Å². The van der Waals surface area contributed by atoms with E-state index in [0.717, 1.165) is 28.2 Å². The van der Waals surface area contributed by atoms with Crippen molar-refractivity contribution in [2.24, 2.45) is 5.10 Å². The molecule has 0 fully saturated rings. The summed E-state index contributed by atoms with van der Waals surface area (Å²) >= 11 is 6.25. The lowest BCUT2D eigenvalue weighted by Crippen LogP contribution is -2.19. The second-order valence-corrected chi connectivity index (χ2v) is 6.98. The fourth-order valence-electron chi connectivity index (χ4n) is 3.08. The van der Waals surface area contributed by atoms with Crippen LogP contribution in [-0.4, -0.2) is 21.6 Å². The minimum atomic E-state index is -0.646. The van der Waals surface area contributed by atoms with Crippen molar-refractivity contribution >= 4 is 29.4 Å². The van der Waals surface area contributed by atoms with Crippen LogP contribution in [0.25, 0.3) is 5.69 Å². The lowest BCUT2D eigenvalue weighted by Gasteiger charge is -2.11. The number of halogens is 1. The number of aryl methyl sites for hydroxylation is 2. The average Bonchev–Trinajstić information content (AvgIpc) is 2.97. The van der Waals surface area contributed by atoms with Gasteiger partial charge in [-0.05, 0) is 50.6 Å². The summed E-state index contributed by atoms with van der Waals surface area (Å²) in [6.45, 7) is 5.84. The van der Waals surface area contributed by atoms with Gasteiger partial charge in [0.25, 0.3) is 11.6 Å². The number of hydrazone groups is 1. The molecule has 0 aliphatic heterocycles. The molecule has 1 amide bonds. The van der Waals surface area contributed by atoms with E-state index < -0.39 is 10.8 Å². The average molecular weight is 411 g/mol. The minimum Gasteiger partial charge on any atom is -0.318 e. The molecule has 1 N–H and O–H groups in total. The molecule has 0 atom stereocenters. The standard InChI is InChI=1S/C21H19ClN4O3/c1-13-8-9-17(11-19(13)22)25-14(2)10-16(15(25)3)12-23-24-21(27)18-6-4-5-7-20(18)26(28)29/h4-12H,1-3H3,(H,24,27)/b23-12-. The molecule has 7 nitrogen and oxygen atoms in total. The highest BCUT2D eigenvalue weighted by atomic mass is 35.5. The maximum atomic E-state index is 12.3. The van der Waals surface area contributed by atoms with Gasteiger partial charge in [0.15, 0.2) is 0 Å². The second kappa shape index (κ2) is 8.28. The van der Waals surface area contributed by atoms with E-state index in [4.69, 9.17) is 11.6 Å². The first-order valence-electron chi connectivity index (χ1n) is 8.82. The molecule has 0 bridgehead atoms. The zero-order chi connectivity index (χ0) is 21.1. The topological polar surface area (TPSA) is 89.5 Å². The van der Waals surface area contributed by atoms with Gasteiger partial charge in [-0.25, -0.2) is 5.43 Å². The van der Waals surface area contributed by atoms with E-state index in [1.54, 1.807) is 6.07 Å². The Morgan fingerprint density at radius 1 is 1.17 bits per heavy atom. The Bertz CT molecular complexity index is 1130. The van der Waals surface area contributed by atoms with Crippen LogP contribution in [0.1, 0.15) is 32.9 Å². The number of nitro benzene ring substituents is 1. The summed E-state index contributed by atoms with van der Waals surface area (Å²) in [6.07, 6.45) is 1.52. The molecule has 1 heterocycles. The van der Waals surface area contributed by atoms with E-state index in [-0.39, 0.29) is 11.3 Å². The third kappa shape index (κ3) is 4.20. The van der Waals surface area contributed by atoms with Gasteiger partial charge in [0, 0.05) is 33.7 Å².